The highest BCUT2D eigenvalue weighted by Crippen LogP contribution is 2.24. The normalized spacial score (nSPS) is 11.6. The number of rotatable bonds is 6. The first-order chi connectivity index (χ1) is 7.94. The summed E-state index contributed by atoms with van der Waals surface area (Å²) in [6, 6.07) is 0. The predicted molar refractivity (Wildman–Crippen MR) is 73.5 cm³/mol. The highest BCUT2D eigenvalue weighted by Gasteiger charge is 2.18. The maximum atomic E-state index is 5.75. The van der Waals surface area contributed by atoms with Crippen molar-refractivity contribution in [1.82, 2.24) is 9.97 Å². The van der Waals surface area contributed by atoms with Crippen LogP contribution in [0.4, 0.5) is 5.82 Å². The largest absolute Gasteiger partial charge is 0.385 e. The van der Waals surface area contributed by atoms with E-state index in [2.05, 4.69) is 45.1 Å². The Morgan fingerprint density at radius 3 is 2.88 bits per heavy atom. The second-order valence-electron chi connectivity index (χ2n) is 4.60. The SMILES string of the molecule is COCCC(C)(C)CNc1nc(Cl)ncc1Br. The van der Waals surface area contributed by atoms with Crippen molar-refractivity contribution in [2.24, 2.45) is 5.41 Å². The Labute approximate surface area is 115 Å². The Bertz CT molecular complexity index is 374. The van der Waals surface area contributed by atoms with Crippen LogP contribution < -0.4 is 5.32 Å². The smallest absolute Gasteiger partial charge is 0.224 e. The minimum atomic E-state index is 0.132. The minimum Gasteiger partial charge on any atom is -0.385 e. The molecule has 96 valence electrons. The van der Waals surface area contributed by atoms with E-state index in [9.17, 15) is 0 Å². The van der Waals surface area contributed by atoms with E-state index in [0.29, 0.717) is 0 Å². The number of aromatic nitrogens is 2. The summed E-state index contributed by atoms with van der Waals surface area (Å²) in [4.78, 5) is 8.00. The van der Waals surface area contributed by atoms with Gasteiger partial charge in [-0.05, 0) is 39.4 Å². The first kappa shape index (κ1) is 14.7. The van der Waals surface area contributed by atoms with Gasteiger partial charge in [-0.2, -0.15) is 4.98 Å². The summed E-state index contributed by atoms with van der Waals surface area (Å²) in [5, 5.41) is 3.51. The lowest BCUT2D eigenvalue weighted by Gasteiger charge is -2.25. The van der Waals surface area contributed by atoms with Gasteiger partial charge in [0.1, 0.15) is 5.82 Å². The number of hydrogen-bond donors (Lipinski definition) is 1. The van der Waals surface area contributed by atoms with E-state index >= 15 is 0 Å². The molecule has 0 atom stereocenters. The fraction of sp³-hybridized carbons (Fsp3) is 0.636. The van der Waals surface area contributed by atoms with Gasteiger partial charge in [-0.15, -0.1) is 0 Å². The van der Waals surface area contributed by atoms with Gasteiger partial charge in [-0.3, -0.25) is 0 Å². The first-order valence-corrected chi connectivity index (χ1v) is 6.52. The second kappa shape index (κ2) is 6.52. The summed E-state index contributed by atoms with van der Waals surface area (Å²) in [5.41, 5.74) is 0.132. The van der Waals surface area contributed by atoms with Gasteiger partial charge in [-0.1, -0.05) is 13.8 Å². The van der Waals surface area contributed by atoms with Gasteiger partial charge in [0.2, 0.25) is 5.28 Å². The van der Waals surface area contributed by atoms with Crippen molar-refractivity contribution in [2.75, 3.05) is 25.6 Å². The lowest BCUT2D eigenvalue weighted by Crippen LogP contribution is -2.25. The van der Waals surface area contributed by atoms with Crippen LogP contribution >= 0.6 is 27.5 Å². The summed E-state index contributed by atoms with van der Waals surface area (Å²) >= 11 is 9.13. The molecule has 0 aliphatic carbocycles. The zero-order valence-electron chi connectivity index (χ0n) is 10.3. The van der Waals surface area contributed by atoms with E-state index in [1.807, 2.05) is 0 Å². The molecular formula is C11H17BrClN3O. The monoisotopic (exact) mass is 321 g/mol. The maximum Gasteiger partial charge on any atom is 0.224 e. The van der Waals surface area contributed by atoms with E-state index < -0.39 is 0 Å². The molecule has 0 aromatic carbocycles. The second-order valence-corrected chi connectivity index (χ2v) is 5.79. The van der Waals surface area contributed by atoms with Gasteiger partial charge in [0.25, 0.3) is 0 Å². The van der Waals surface area contributed by atoms with E-state index in [1.54, 1.807) is 13.3 Å². The van der Waals surface area contributed by atoms with Crippen molar-refractivity contribution in [3.8, 4) is 0 Å². The lowest BCUT2D eigenvalue weighted by atomic mass is 9.90. The number of hydrogen-bond acceptors (Lipinski definition) is 4. The molecule has 1 heterocycles. The number of ether oxygens (including phenoxy) is 1. The summed E-state index contributed by atoms with van der Waals surface area (Å²) in [5.74, 6) is 0.718. The third-order valence-electron chi connectivity index (χ3n) is 2.43. The predicted octanol–water partition coefficient (Wildman–Crippen LogP) is 3.37. The summed E-state index contributed by atoms with van der Waals surface area (Å²) < 4.78 is 5.90. The maximum absolute atomic E-state index is 5.75. The zero-order chi connectivity index (χ0) is 12.9. The van der Waals surface area contributed by atoms with E-state index in [1.165, 1.54) is 0 Å². The molecule has 0 aliphatic rings. The summed E-state index contributed by atoms with van der Waals surface area (Å²) in [7, 11) is 1.71. The van der Waals surface area contributed by atoms with Crippen LogP contribution in [0, 0.1) is 5.41 Å². The van der Waals surface area contributed by atoms with Gasteiger partial charge >= 0.3 is 0 Å². The molecule has 0 spiro atoms. The molecule has 0 bridgehead atoms. The molecule has 0 aliphatic heterocycles. The fourth-order valence-corrected chi connectivity index (χ4v) is 1.72. The van der Waals surface area contributed by atoms with Crippen molar-refractivity contribution in [3.05, 3.63) is 16.0 Å². The Kier molecular flexibility index (Phi) is 5.62. The van der Waals surface area contributed by atoms with Gasteiger partial charge in [0, 0.05) is 26.5 Å². The van der Waals surface area contributed by atoms with E-state index in [0.717, 1.165) is 29.9 Å². The molecule has 6 heteroatoms. The van der Waals surface area contributed by atoms with Gasteiger partial charge in [0.05, 0.1) is 4.47 Å². The van der Waals surface area contributed by atoms with Crippen LogP contribution in [-0.4, -0.2) is 30.2 Å². The Morgan fingerprint density at radius 1 is 1.53 bits per heavy atom. The molecule has 1 N–H and O–H groups in total. The van der Waals surface area contributed by atoms with Crippen LogP contribution in [0.15, 0.2) is 10.7 Å². The summed E-state index contributed by atoms with van der Waals surface area (Å²) in [6.07, 6.45) is 2.62. The van der Waals surface area contributed by atoms with Crippen LogP contribution in [0.25, 0.3) is 0 Å². The molecule has 4 nitrogen and oxygen atoms in total. The number of methoxy groups -OCH3 is 1. The van der Waals surface area contributed by atoms with Crippen molar-refractivity contribution in [1.29, 1.82) is 0 Å². The van der Waals surface area contributed by atoms with E-state index in [4.69, 9.17) is 16.3 Å². The molecule has 0 saturated heterocycles. The molecule has 1 aromatic rings. The van der Waals surface area contributed by atoms with Crippen LogP contribution in [0.1, 0.15) is 20.3 Å². The number of halogens is 2. The highest BCUT2D eigenvalue weighted by molar-refractivity contribution is 9.10. The molecule has 0 unspecified atom stereocenters. The van der Waals surface area contributed by atoms with Crippen LogP contribution in [-0.2, 0) is 4.74 Å². The Hall–Kier alpha value is -0.390. The van der Waals surface area contributed by atoms with Gasteiger partial charge in [-0.25, -0.2) is 4.98 Å². The average Bonchev–Trinajstić information content (AvgIpc) is 2.28. The minimum absolute atomic E-state index is 0.132. The van der Waals surface area contributed by atoms with E-state index in [-0.39, 0.29) is 10.7 Å². The quantitative estimate of drug-likeness (QED) is 0.816. The van der Waals surface area contributed by atoms with Crippen molar-refractivity contribution in [2.45, 2.75) is 20.3 Å². The fourth-order valence-electron chi connectivity index (χ4n) is 1.26. The topological polar surface area (TPSA) is 47.0 Å². The Balaban J connectivity index is 2.57. The zero-order valence-corrected chi connectivity index (χ0v) is 12.6. The molecule has 1 aromatic heterocycles. The van der Waals surface area contributed by atoms with Gasteiger partial charge < -0.3 is 10.1 Å². The Morgan fingerprint density at radius 2 is 2.24 bits per heavy atom. The van der Waals surface area contributed by atoms with Crippen LogP contribution in [0.3, 0.4) is 0 Å². The third-order valence-corrected chi connectivity index (χ3v) is 3.19. The molecule has 17 heavy (non-hydrogen) atoms. The standard InChI is InChI=1S/C11H17BrClN3O/c1-11(2,4-5-17-3)7-15-9-8(12)6-14-10(13)16-9/h6H,4-5,7H2,1-3H3,(H,14,15,16). The van der Waals surface area contributed by atoms with Crippen LogP contribution in [0.2, 0.25) is 5.28 Å². The third kappa shape index (κ3) is 5.19. The van der Waals surface area contributed by atoms with Crippen molar-refractivity contribution >= 4 is 33.3 Å². The molecule has 0 fully saturated rings. The molecular weight excluding hydrogens is 305 g/mol. The average molecular weight is 323 g/mol. The highest BCUT2D eigenvalue weighted by atomic mass is 79.9. The summed E-state index contributed by atoms with van der Waals surface area (Å²) in [6.45, 7) is 5.90. The molecule has 0 saturated carbocycles. The lowest BCUT2D eigenvalue weighted by molar-refractivity contribution is 0.157. The molecule has 0 radical (unpaired) electrons. The number of anilines is 1. The van der Waals surface area contributed by atoms with Gasteiger partial charge in [0.15, 0.2) is 0 Å². The number of nitrogens with zero attached hydrogens (tertiary/aromatic N) is 2. The van der Waals surface area contributed by atoms with Crippen LogP contribution in [0.5, 0.6) is 0 Å². The molecule has 1 rings (SSSR count). The molecule has 0 amide bonds. The first-order valence-electron chi connectivity index (χ1n) is 5.35. The number of nitrogens with one attached hydrogen (secondary N) is 1. The van der Waals surface area contributed by atoms with Crippen molar-refractivity contribution < 1.29 is 4.74 Å². The van der Waals surface area contributed by atoms with Crippen molar-refractivity contribution in [3.63, 3.8) is 0 Å².